The standard InChI is InChI=1S/C19H16N6O7.C12H13N3O2.ClH/c1-32-19(31)9-4-2-8(3-5-9)13(15(21)27)24-17(28)11-6-12(18(29)30)25-16(23-11)10(7-22-25)14(20)26;13-5-7-2-1-3-8(4-7)6-15-10-9(14)11(16)12(10)17;/h2-7,13H,1H3,(H2,20,26)(H2,21,27)(H,24,28)(H,29,30);1-4,15H,5-6,13-14H2;1H/t13-;;/m1../s1. The molecule has 0 saturated heterocycles. The zero-order valence-electron chi connectivity index (χ0n) is 26.0. The molecule has 260 valence electrons. The van der Waals surface area contributed by atoms with E-state index in [1.54, 1.807) is 0 Å². The highest BCUT2D eigenvalue weighted by Crippen LogP contribution is 2.18. The third-order valence-electron chi connectivity index (χ3n) is 7.06. The van der Waals surface area contributed by atoms with Gasteiger partial charge in [0.15, 0.2) is 11.3 Å². The first kappa shape index (κ1) is 37.8. The second kappa shape index (κ2) is 16.0. The second-order valence-electron chi connectivity index (χ2n) is 10.2. The lowest BCUT2D eigenvalue weighted by Gasteiger charge is -2.16. The van der Waals surface area contributed by atoms with Crippen molar-refractivity contribution in [2.75, 3.05) is 18.2 Å². The summed E-state index contributed by atoms with van der Waals surface area (Å²) in [7, 11) is 1.21. The lowest BCUT2D eigenvalue weighted by molar-refractivity contribution is -0.120. The number of benzene rings is 2. The molecule has 3 amide bonds. The van der Waals surface area contributed by atoms with Crippen LogP contribution in [0.4, 0.5) is 11.4 Å². The van der Waals surface area contributed by atoms with E-state index in [0.717, 1.165) is 27.9 Å². The number of carbonyl (C=O) groups excluding carboxylic acids is 4. The van der Waals surface area contributed by atoms with Crippen LogP contribution in [-0.2, 0) is 22.6 Å². The summed E-state index contributed by atoms with van der Waals surface area (Å²) in [5.41, 5.74) is 21.8. The minimum absolute atomic E-state index is 0. The number of anilines is 2. The fraction of sp³-hybridized carbons (Fsp3) is 0.129. The van der Waals surface area contributed by atoms with Gasteiger partial charge in [-0.15, -0.1) is 12.4 Å². The van der Waals surface area contributed by atoms with E-state index in [2.05, 4.69) is 25.5 Å². The molecule has 0 bridgehead atoms. The molecular formula is C31H30ClN9O9. The number of carboxylic acids is 1. The van der Waals surface area contributed by atoms with Crippen molar-refractivity contribution in [3.8, 4) is 0 Å². The van der Waals surface area contributed by atoms with Crippen LogP contribution < -0.4 is 44.4 Å². The van der Waals surface area contributed by atoms with Crippen LogP contribution in [0.15, 0.2) is 70.4 Å². The van der Waals surface area contributed by atoms with Gasteiger partial charge in [-0.2, -0.15) is 5.10 Å². The number of ether oxygens (including phenoxy) is 1. The number of carbonyl (C=O) groups is 5. The van der Waals surface area contributed by atoms with E-state index in [1.807, 2.05) is 24.3 Å². The number of nitrogen functional groups attached to an aromatic ring is 1. The molecule has 2 aromatic heterocycles. The molecule has 0 aliphatic rings. The van der Waals surface area contributed by atoms with Crippen LogP contribution in [0, 0.1) is 0 Å². The van der Waals surface area contributed by atoms with Crippen molar-refractivity contribution in [1.82, 2.24) is 19.9 Å². The topological polar surface area (TPSA) is 307 Å². The van der Waals surface area contributed by atoms with E-state index >= 15 is 0 Å². The first-order valence-electron chi connectivity index (χ1n) is 14.1. The largest absolute Gasteiger partial charge is 0.477 e. The summed E-state index contributed by atoms with van der Waals surface area (Å²) in [6.45, 7) is 0.916. The Balaban J connectivity index is 0.000000316. The number of nitrogens with zero attached hydrogens (tertiary/aromatic N) is 3. The summed E-state index contributed by atoms with van der Waals surface area (Å²) in [4.78, 5) is 85.5. The van der Waals surface area contributed by atoms with Gasteiger partial charge < -0.3 is 43.4 Å². The molecule has 0 spiro atoms. The van der Waals surface area contributed by atoms with E-state index < -0.39 is 57.9 Å². The Morgan fingerprint density at radius 2 is 1.64 bits per heavy atom. The molecule has 0 unspecified atom stereocenters. The zero-order valence-corrected chi connectivity index (χ0v) is 26.9. The fourth-order valence-electron chi connectivity index (χ4n) is 4.50. The summed E-state index contributed by atoms with van der Waals surface area (Å²) in [5, 5.41) is 18.4. The third-order valence-corrected chi connectivity index (χ3v) is 7.06. The Morgan fingerprint density at radius 3 is 2.20 bits per heavy atom. The first-order valence-corrected chi connectivity index (χ1v) is 14.1. The fourth-order valence-corrected chi connectivity index (χ4v) is 4.50. The zero-order chi connectivity index (χ0) is 36.0. The molecule has 0 radical (unpaired) electrons. The van der Waals surface area contributed by atoms with Crippen LogP contribution in [0.2, 0.25) is 0 Å². The maximum atomic E-state index is 12.8. The summed E-state index contributed by atoms with van der Waals surface area (Å²) in [6.07, 6.45) is 1.02. The number of methoxy groups -OCH3 is 1. The summed E-state index contributed by atoms with van der Waals surface area (Å²) in [5.74, 6) is -4.85. The lowest BCUT2D eigenvalue weighted by atomic mass is 10.0. The summed E-state index contributed by atoms with van der Waals surface area (Å²) in [6, 6.07) is 12.8. The van der Waals surface area contributed by atoms with E-state index in [9.17, 15) is 38.7 Å². The Morgan fingerprint density at radius 1 is 0.980 bits per heavy atom. The Bertz CT molecular complexity index is 2180. The number of primary amides is 2. The number of carboxylic acid groups (broad SMARTS) is 1. The van der Waals surface area contributed by atoms with E-state index in [1.165, 1.54) is 31.4 Å². The SMILES string of the molecule is COC(=O)c1ccc([C@@H](NC(=O)c2cc(C(=O)O)n3ncc(C(N)=O)c3n2)C(N)=O)cc1.Cl.NCc1cccc(CNc2c(N)c(=O)c2=O)c1. The number of fused-ring (bicyclic) bond motifs is 1. The molecule has 1 atom stereocenters. The monoisotopic (exact) mass is 707 g/mol. The van der Waals surface area contributed by atoms with Crippen LogP contribution in [0.5, 0.6) is 0 Å². The Hall–Kier alpha value is -6.66. The number of nitrogens with two attached hydrogens (primary N) is 4. The molecule has 19 heteroatoms. The number of aromatic nitrogens is 3. The quantitative estimate of drug-likeness (QED) is 0.0680. The van der Waals surface area contributed by atoms with E-state index in [4.69, 9.17) is 22.9 Å². The maximum absolute atomic E-state index is 12.8. The molecule has 11 N–H and O–H groups in total. The number of nitrogens with one attached hydrogen (secondary N) is 2. The molecule has 18 nitrogen and oxygen atoms in total. The lowest BCUT2D eigenvalue weighted by Crippen LogP contribution is -2.38. The number of hydrogen-bond acceptors (Lipinski definition) is 13. The number of aromatic carboxylic acids is 1. The van der Waals surface area contributed by atoms with Crippen molar-refractivity contribution in [3.05, 3.63) is 120 Å². The van der Waals surface area contributed by atoms with Crippen LogP contribution >= 0.6 is 12.4 Å². The van der Waals surface area contributed by atoms with Gasteiger partial charge in [0, 0.05) is 19.2 Å². The van der Waals surface area contributed by atoms with Crippen molar-refractivity contribution in [2.45, 2.75) is 19.1 Å². The highest BCUT2D eigenvalue weighted by Gasteiger charge is 2.25. The average molecular weight is 708 g/mol. The van der Waals surface area contributed by atoms with Crippen LogP contribution in [-0.4, -0.2) is 56.5 Å². The Kier molecular flexibility index (Phi) is 12.1. The highest BCUT2D eigenvalue weighted by molar-refractivity contribution is 6.02. The van der Waals surface area contributed by atoms with Gasteiger partial charge in [0.25, 0.3) is 22.7 Å². The molecule has 5 rings (SSSR count). The molecule has 50 heavy (non-hydrogen) atoms. The van der Waals surface area contributed by atoms with Crippen molar-refractivity contribution in [2.24, 2.45) is 17.2 Å². The van der Waals surface area contributed by atoms with Gasteiger partial charge in [-0.3, -0.25) is 24.0 Å². The van der Waals surface area contributed by atoms with E-state index in [-0.39, 0.29) is 46.1 Å². The molecular weight excluding hydrogens is 678 g/mol. The van der Waals surface area contributed by atoms with Crippen molar-refractivity contribution >= 4 is 59.1 Å². The molecule has 0 saturated carbocycles. The van der Waals surface area contributed by atoms with Gasteiger partial charge in [-0.1, -0.05) is 36.4 Å². The number of hydrogen-bond donors (Lipinski definition) is 7. The van der Waals surface area contributed by atoms with Crippen LogP contribution in [0.1, 0.15) is 64.4 Å². The van der Waals surface area contributed by atoms with Crippen LogP contribution in [0.3, 0.4) is 0 Å². The minimum atomic E-state index is -1.45. The second-order valence-corrected chi connectivity index (χ2v) is 10.2. The molecule has 0 fully saturated rings. The van der Waals surface area contributed by atoms with Gasteiger partial charge in [0.1, 0.15) is 28.7 Å². The Labute approximate surface area is 287 Å². The molecule has 0 aliphatic heterocycles. The average Bonchev–Trinajstić information content (AvgIpc) is 3.54. The van der Waals surface area contributed by atoms with Gasteiger partial charge in [0.05, 0.1) is 18.9 Å². The summed E-state index contributed by atoms with van der Waals surface area (Å²) < 4.78 is 5.44. The maximum Gasteiger partial charge on any atom is 0.354 e. The molecule has 5 aromatic rings. The van der Waals surface area contributed by atoms with Crippen molar-refractivity contribution < 1.29 is 33.8 Å². The molecule has 2 heterocycles. The molecule has 3 aromatic carbocycles. The number of esters is 1. The normalized spacial score (nSPS) is 11.0. The van der Waals surface area contributed by atoms with Gasteiger partial charge >= 0.3 is 11.9 Å². The highest BCUT2D eigenvalue weighted by atomic mass is 35.5. The van der Waals surface area contributed by atoms with E-state index in [0.29, 0.717) is 13.1 Å². The summed E-state index contributed by atoms with van der Waals surface area (Å²) >= 11 is 0. The number of rotatable bonds is 11. The van der Waals surface area contributed by atoms with Crippen molar-refractivity contribution in [3.63, 3.8) is 0 Å². The minimum Gasteiger partial charge on any atom is -0.477 e. The van der Waals surface area contributed by atoms with Crippen LogP contribution in [0.25, 0.3) is 5.65 Å². The molecule has 0 aliphatic carbocycles. The van der Waals surface area contributed by atoms with Gasteiger partial charge in [0.2, 0.25) is 5.91 Å². The smallest absolute Gasteiger partial charge is 0.354 e. The number of amides is 3. The predicted molar refractivity (Wildman–Crippen MR) is 180 cm³/mol. The number of halogens is 1. The predicted octanol–water partition coefficient (Wildman–Crippen LogP) is -0.373. The van der Waals surface area contributed by atoms with Crippen molar-refractivity contribution in [1.29, 1.82) is 0 Å². The first-order chi connectivity index (χ1) is 23.3. The van der Waals surface area contributed by atoms with Gasteiger partial charge in [-0.25, -0.2) is 19.1 Å². The third kappa shape index (κ3) is 8.06. The van der Waals surface area contributed by atoms with Gasteiger partial charge in [-0.05, 0) is 28.8 Å².